The highest BCUT2D eigenvalue weighted by Gasteiger charge is 2.49. The summed E-state index contributed by atoms with van der Waals surface area (Å²) in [4.78, 5) is 13.3. The Morgan fingerprint density at radius 3 is 2.21 bits per heavy atom. The van der Waals surface area contributed by atoms with Crippen molar-refractivity contribution in [2.75, 3.05) is 35.0 Å². The number of phenolic OH excluding ortho intramolecular Hbond substituents is 1. The van der Waals surface area contributed by atoms with Gasteiger partial charge in [0.05, 0.1) is 34.5 Å². The molecule has 0 saturated carbocycles. The van der Waals surface area contributed by atoms with Gasteiger partial charge in [0, 0.05) is 18.0 Å². The quantitative estimate of drug-likeness (QED) is 0.734. The lowest BCUT2D eigenvalue weighted by Crippen LogP contribution is -2.49. The number of methoxy groups -OCH3 is 4. The normalized spacial score (nSPS) is 19.2. The van der Waals surface area contributed by atoms with Crippen LogP contribution in [0.1, 0.15) is 40.6 Å². The first-order chi connectivity index (χ1) is 15.7. The zero-order valence-electron chi connectivity index (χ0n) is 18.6. The molecule has 33 heavy (non-hydrogen) atoms. The first kappa shape index (κ1) is 22.9. The third-order valence-corrected chi connectivity index (χ3v) is 6.37. The molecule has 1 amide bonds. The van der Waals surface area contributed by atoms with E-state index in [0.717, 1.165) is 10.5 Å². The van der Waals surface area contributed by atoms with Gasteiger partial charge in [-0.05, 0) is 47.7 Å². The molecule has 0 unspecified atom stereocenters. The number of ether oxygens (including phenoxy) is 4. The van der Waals surface area contributed by atoms with Crippen LogP contribution in [0.4, 0.5) is 13.2 Å². The fourth-order valence-electron chi connectivity index (χ4n) is 5.00. The van der Waals surface area contributed by atoms with Crippen molar-refractivity contribution < 1.29 is 42.0 Å². The minimum Gasteiger partial charge on any atom is -0.504 e. The summed E-state index contributed by atoms with van der Waals surface area (Å²) in [5.41, 5.74) is 2.55. The van der Waals surface area contributed by atoms with Gasteiger partial charge in [0.25, 0.3) is 0 Å². The van der Waals surface area contributed by atoms with E-state index in [0.29, 0.717) is 40.4 Å². The van der Waals surface area contributed by atoms with Crippen LogP contribution in [-0.2, 0) is 11.2 Å². The van der Waals surface area contributed by atoms with E-state index in [-0.39, 0.29) is 24.5 Å². The van der Waals surface area contributed by atoms with Crippen molar-refractivity contribution in [3.63, 3.8) is 0 Å². The Bertz CT molecular complexity index is 1100. The number of alkyl halides is 3. The highest BCUT2D eigenvalue weighted by Crippen LogP contribution is 2.54. The van der Waals surface area contributed by atoms with Crippen LogP contribution in [0.25, 0.3) is 0 Å². The van der Waals surface area contributed by atoms with Crippen molar-refractivity contribution in [2.45, 2.75) is 31.0 Å². The maximum atomic E-state index is 13.5. The number of hydrogen-bond acceptors (Lipinski definition) is 6. The fraction of sp³-hybridized carbons (Fsp3) is 0.435. The Hall–Kier alpha value is -3.30. The summed E-state index contributed by atoms with van der Waals surface area (Å²) in [6.07, 6.45) is -4.46. The van der Waals surface area contributed by atoms with E-state index in [9.17, 15) is 23.1 Å². The lowest BCUT2D eigenvalue weighted by atomic mass is 9.74. The lowest BCUT2D eigenvalue weighted by molar-refractivity contribution is -0.189. The molecule has 2 aliphatic rings. The van der Waals surface area contributed by atoms with Crippen LogP contribution < -0.4 is 18.9 Å². The molecule has 0 fully saturated rings. The largest absolute Gasteiger partial charge is 0.504 e. The lowest BCUT2D eigenvalue weighted by Gasteiger charge is -2.44. The number of aryl methyl sites for hydroxylation is 1. The summed E-state index contributed by atoms with van der Waals surface area (Å²) in [6.45, 7) is -0.219. The van der Waals surface area contributed by atoms with E-state index in [1.165, 1.54) is 34.5 Å². The number of fused-ring (bicyclic) bond motifs is 2. The third-order valence-electron chi connectivity index (χ3n) is 6.37. The molecule has 0 aromatic heterocycles. The Balaban J connectivity index is 2.03. The number of phenols is 1. The van der Waals surface area contributed by atoms with E-state index in [1.807, 2.05) is 0 Å². The van der Waals surface area contributed by atoms with Gasteiger partial charge in [0.2, 0.25) is 5.75 Å². The predicted molar refractivity (Wildman–Crippen MR) is 111 cm³/mol. The number of amides is 1. The Morgan fingerprint density at radius 2 is 1.64 bits per heavy atom. The van der Waals surface area contributed by atoms with E-state index in [2.05, 4.69) is 0 Å². The smallest absolute Gasteiger partial charge is 0.471 e. The number of nitrogens with zero attached hydrogens (tertiary/aromatic N) is 1. The number of benzene rings is 2. The molecule has 0 spiro atoms. The van der Waals surface area contributed by atoms with Crippen molar-refractivity contribution in [1.82, 2.24) is 4.90 Å². The van der Waals surface area contributed by atoms with Gasteiger partial charge in [-0.3, -0.25) is 4.79 Å². The Labute approximate surface area is 188 Å². The molecule has 7 nitrogen and oxygen atoms in total. The van der Waals surface area contributed by atoms with Gasteiger partial charge in [-0.15, -0.1) is 0 Å². The average molecular weight is 467 g/mol. The van der Waals surface area contributed by atoms with Crippen molar-refractivity contribution in [3.05, 3.63) is 40.5 Å². The average Bonchev–Trinajstić information content (AvgIpc) is 2.77. The van der Waals surface area contributed by atoms with Crippen molar-refractivity contribution >= 4 is 5.91 Å². The van der Waals surface area contributed by atoms with Gasteiger partial charge < -0.3 is 29.0 Å². The number of carbonyl (C=O) groups is 1. The summed E-state index contributed by atoms with van der Waals surface area (Å²) in [5.74, 6) is -1.53. The topological polar surface area (TPSA) is 77.5 Å². The first-order valence-electron chi connectivity index (χ1n) is 10.3. The molecule has 1 aliphatic carbocycles. The molecular formula is C23H24F3NO6. The minimum absolute atomic E-state index is 0.190. The molecule has 1 heterocycles. The van der Waals surface area contributed by atoms with Crippen molar-refractivity contribution in [3.8, 4) is 28.7 Å². The summed E-state index contributed by atoms with van der Waals surface area (Å²) < 4.78 is 62.4. The summed E-state index contributed by atoms with van der Waals surface area (Å²) >= 11 is 0. The maximum Gasteiger partial charge on any atom is 0.471 e. The van der Waals surface area contributed by atoms with Gasteiger partial charge in [-0.1, -0.05) is 0 Å². The van der Waals surface area contributed by atoms with Crippen LogP contribution in [0.2, 0.25) is 0 Å². The standard InChI is InChI=1S/C23H24F3NO6/c1-30-17-9-12-13(8-16(17)28)15-6-5-11-7-18(31-2)20(32-3)21(33-4)19(11)14(12)10-27(15)22(29)23(24,25)26/h7-9,14-15,28H,5-6,10H2,1-4H3/t14-,15-/m0/s1. The molecule has 1 aliphatic heterocycles. The van der Waals surface area contributed by atoms with Crippen LogP contribution in [0.15, 0.2) is 18.2 Å². The van der Waals surface area contributed by atoms with E-state index in [1.54, 1.807) is 12.1 Å². The zero-order valence-corrected chi connectivity index (χ0v) is 18.6. The van der Waals surface area contributed by atoms with Crippen LogP contribution in [0, 0.1) is 0 Å². The third kappa shape index (κ3) is 3.57. The first-order valence-corrected chi connectivity index (χ1v) is 10.3. The number of hydrogen-bond donors (Lipinski definition) is 1. The van der Waals surface area contributed by atoms with Crippen LogP contribution in [0.5, 0.6) is 28.7 Å². The molecule has 2 atom stereocenters. The van der Waals surface area contributed by atoms with Gasteiger partial charge >= 0.3 is 12.1 Å². The minimum atomic E-state index is -5.03. The Morgan fingerprint density at radius 1 is 0.970 bits per heavy atom. The number of halogens is 3. The second-order valence-corrected chi connectivity index (χ2v) is 7.93. The molecule has 2 bridgehead atoms. The van der Waals surface area contributed by atoms with Crippen molar-refractivity contribution in [2.24, 2.45) is 0 Å². The molecule has 178 valence electrons. The van der Waals surface area contributed by atoms with Crippen LogP contribution >= 0.6 is 0 Å². The van der Waals surface area contributed by atoms with E-state index < -0.39 is 24.0 Å². The molecule has 1 N–H and O–H groups in total. The highest BCUT2D eigenvalue weighted by molar-refractivity contribution is 5.83. The van der Waals surface area contributed by atoms with Crippen LogP contribution in [0.3, 0.4) is 0 Å². The summed E-state index contributed by atoms with van der Waals surface area (Å²) in [7, 11) is 5.77. The number of rotatable bonds is 4. The van der Waals surface area contributed by atoms with Gasteiger partial charge in [-0.2, -0.15) is 13.2 Å². The second kappa shape index (κ2) is 8.24. The number of carbonyl (C=O) groups excluding carboxylic acids is 1. The molecule has 0 saturated heterocycles. The van der Waals surface area contributed by atoms with Crippen LogP contribution in [-0.4, -0.2) is 57.1 Å². The van der Waals surface area contributed by atoms with E-state index >= 15 is 0 Å². The molecule has 2 aromatic carbocycles. The molecule has 0 radical (unpaired) electrons. The fourth-order valence-corrected chi connectivity index (χ4v) is 5.00. The van der Waals surface area contributed by atoms with Crippen molar-refractivity contribution in [1.29, 1.82) is 0 Å². The van der Waals surface area contributed by atoms with Gasteiger partial charge in [0.1, 0.15) is 0 Å². The molecule has 10 heteroatoms. The SMILES string of the molecule is COc1cc2c(cc1O)[C@@H]1CCc3cc(OC)c(OC)c(OC)c3[C@H]2CN1C(=O)C(F)(F)F. The summed E-state index contributed by atoms with van der Waals surface area (Å²) in [6, 6.07) is 3.93. The molecule has 4 rings (SSSR count). The van der Waals surface area contributed by atoms with Gasteiger partial charge in [0.15, 0.2) is 23.0 Å². The second-order valence-electron chi connectivity index (χ2n) is 7.93. The van der Waals surface area contributed by atoms with Gasteiger partial charge in [-0.25, -0.2) is 0 Å². The van der Waals surface area contributed by atoms with E-state index in [4.69, 9.17) is 18.9 Å². The predicted octanol–water partition coefficient (Wildman–Crippen LogP) is 3.95. The summed E-state index contributed by atoms with van der Waals surface area (Å²) in [5, 5.41) is 10.4. The molecular weight excluding hydrogens is 443 g/mol. The highest BCUT2D eigenvalue weighted by atomic mass is 19.4. The molecule has 2 aromatic rings. The Kier molecular flexibility index (Phi) is 5.71. The monoisotopic (exact) mass is 467 g/mol. The number of aromatic hydroxyl groups is 1. The zero-order chi connectivity index (χ0) is 24.1. The maximum absolute atomic E-state index is 13.5.